The molecule has 3 N–H and O–H groups in total. The van der Waals surface area contributed by atoms with E-state index in [0.717, 1.165) is 25.7 Å². The number of ketones is 2. The van der Waals surface area contributed by atoms with Gasteiger partial charge in [-0.25, -0.2) is 5.90 Å². The third-order valence-electron chi connectivity index (χ3n) is 8.16. The van der Waals surface area contributed by atoms with Crippen molar-refractivity contribution in [3.05, 3.63) is 23.3 Å². The first-order valence-electron chi connectivity index (χ1n) is 9.78. The highest BCUT2D eigenvalue weighted by Crippen LogP contribution is 2.65. The Morgan fingerprint density at radius 1 is 1.31 bits per heavy atom. The van der Waals surface area contributed by atoms with Gasteiger partial charge in [0.2, 0.25) is 0 Å². The molecule has 0 amide bonds. The van der Waals surface area contributed by atoms with Crippen LogP contribution in [0.3, 0.4) is 0 Å². The summed E-state index contributed by atoms with van der Waals surface area (Å²) in [4.78, 5) is 29.0. The van der Waals surface area contributed by atoms with E-state index in [2.05, 4.69) is 24.8 Å². The van der Waals surface area contributed by atoms with Gasteiger partial charge in [0.1, 0.15) is 12.2 Å². The molecule has 4 unspecified atom stereocenters. The Balaban J connectivity index is 1.72. The zero-order valence-corrected chi connectivity index (χ0v) is 15.7. The van der Waals surface area contributed by atoms with E-state index in [0.29, 0.717) is 25.2 Å². The smallest absolute Gasteiger partial charge is 0.192 e. The highest BCUT2D eigenvalue weighted by atomic mass is 16.6. The van der Waals surface area contributed by atoms with Crippen molar-refractivity contribution in [2.24, 2.45) is 28.6 Å². The molecule has 2 fully saturated rings. The molecule has 0 aliphatic heterocycles. The molecular formula is C21H29NO4. The maximum Gasteiger partial charge on any atom is 0.192 e. The maximum atomic E-state index is 12.6. The Labute approximate surface area is 154 Å². The molecule has 0 bridgehead atoms. The van der Waals surface area contributed by atoms with E-state index in [4.69, 9.17) is 5.90 Å². The van der Waals surface area contributed by atoms with Gasteiger partial charge in [0.25, 0.3) is 0 Å². The summed E-state index contributed by atoms with van der Waals surface area (Å²) in [5.74, 6) is 5.71. The molecule has 0 saturated heterocycles. The molecule has 0 radical (unpaired) electrons. The standard InChI is InChI=1S/C21H29NO4/c1-19-8-5-14(23)11-13(19)3-4-15-16(19)6-9-20(2)17(15)7-10-21(20,25)18(24)12-26-22/h6,11,15,17,25H,3-5,7-10,12,22H2,1-2H3/t15?,17?,19?,20?,21-/m0/s1. The zero-order valence-electron chi connectivity index (χ0n) is 15.7. The summed E-state index contributed by atoms with van der Waals surface area (Å²) < 4.78 is 0. The van der Waals surface area contributed by atoms with Crippen LogP contribution in [0, 0.1) is 22.7 Å². The Morgan fingerprint density at radius 2 is 2.08 bits per heavy atom. The van der Waals surface area contributed by atoms with Gasteiger partial charge in [-0.1, -0.05) is 31.1 Å². The molecule has 4 aliphatic carbocycles. The van der Waals surface area contributed by atoms with Crippen molar-refractivity contribution in [3.63, 3.8) is 0 Å². The number of carbonyl (C=O) groups is 2. The minimum absolute atomic E-state index is 0.0246. The van der Waals surface area contributed by atoms with Crippen LogP contribution in [0.25, 0.3) is 0 Å². The molecule has 0 aromatic rings. The topological polar surface area (TPSA) is 89.6 Å². The molecule has 2 saturated carbocycles. The van der Waals surface area contributed by atoms with Gasteiger partial charge in [0.05, 0.1) is 0 Å². The highest BCUT2D eigenvalue weighted by Gasteiger charge is 2.64. The largest absolute Gasteiger partial charge is 0.381 e. The molecular weight excluding hydrogens is 330 g/mol. The SMILES string of the molecule is CC12CCC(=O)C=C1CCC1C2=CCC2(C)C1CC[C@]2(O)C(=O)CON. The molecule has 142 valence electrons. The van der Waals surface area contributed by atoms with Gasteiger partial charge in [-0.2, -0.15) is 0 Å². The quantitative estimate of drug-likeness (QED) is 0.597. The van der Waals surface area contributed by atoms with Gasteiger partial charge >= 0.3 is 0 Å². The second-order valence-corrected chi connectivity index (χ2v) is 9.13. The van der Waals surface area contributed by atoms with E-state index in [9.17, 15) is 14.7 Å². The van der Waals surface area contributed by atoms with Crippen LogP contribution >= 0.6 is 0 Å². The number of allylic oxidation sites excluding steroid dienone is 4. The fourth-order valence-corrected chi connectivity index (χ4v) is 6.52. The number of Topliss-reactive ketones (excluding diaryl/α,β-unsaturated/α-hetero) is 1. The van der Waals surface area contributed by atoms with E-state index in [-0.39, 0.29) is 29.5 Å². The third-order valence-corrected chi connectivity index (χ3v) is 8.16. The van der Waals surface area contributed by atoms with E-state index in [1.165, 1.54) is 11.1 Å². The fourth-order valence-electron chi connectivity index (χ4n) is 6.52. The van der Waals surface area contributed by atoms with E-state index >= 15 is 0 Å². The van der Waals surface area contributed by atoms with Crippen molar-refractivity contribution in [3.8, 4) is 0 Å². The molecule has 0 heterocycles. The van der Waals surface area contributed by atoms with Gasteiger partial charge in [0, 0.05) is 17.3 Å². The van der Waals surface area contributed by atoms with E-state index in [1.807, 2.05) is 6.08 Å². The molecule has 4 rings (SSSR count). The average Bonchev–Trinajstić information content (AvgIpc) is 2.88. The van der Waals surface area contributed by atoms with Crippen LogP contribution in [0.1, 0.15) is 58.8 Å². The number of fused-ring (bicyclic) bond motifs is 5. The second kappa shape index (κ2) is 5.85. The summed E-state index contributed by atoms with van der Waals surface area (Å²) in [5.41, 5.74) is 0.859. The van der Waals surface area contributed by atoms with Crippen LogP contribution in [0.15, 0.2) is 23.3 Å². The van der Waals surface area contributed by atoms with E-state index < -0.39 is 11.0 Å². The summed E-state index contributed by atoms with van der Waals surface area (Å²) >= 11 is 0. The monoisotopic (exact) mass is 359 g/mol. The summed E-state index contributed by atoms with van der Waals surface area (Å²) in [5, 5.41) is 11.3. The van der Waals surface area contributed by atoms with Crippen LogP contribution in [0.2, 0.25) is 0 Å². The van der Waals surface area contributed by atoms with Gasteiger partial charge < -0.3 is 5.11 Å². The van der Waals surface area contributed by atoms with E-state index in [1.54, 1.807) is 0 Å². The molecule has 26 heavy (non-hydrogen) atoms. The molecule has 5 nitrogen and oxygen atoms in total. The lowest BCUT2D eigenvalue weighted by Gasteiger charge is -2.54. The Kier molecular flexibility index (Phi) is 4.07. The summed E-state index contributed by atoms with van der Waals surface area (Å²) in [6.07, 6.45) is 9.60. The first kappa shape index (κ1) is 18.1. The minimum Gasteiger partial charge on any atom is -0.381 e. The molecule has 0 aromatic heterocycles. The number of hydrogen-bond donors (Lipinski definition) is 2. The van der Waals surface area contributed by atoms with Crippen LogP contribution in [0.4, 0.5) is 0 Å². The second-order valence-electron chi connectivity index (χ2n) is 9.13. The number of carbonyl (C=O) groups excluding carboxylic acids is 2. The van der Waals surface area contributed by atoms with Gasteiger partial charge in [0.15, 0.2) is 11.6 Å². The van der Waals surface area contributed by atoms with Crippen LogP contribution < -0.4 is 5.90 Å². The minimum atomic E-state index is -1.36. The molecule has 5 heteroatoms. The van der Waals surface area contributed by atoms with Crippen molar-refractivity contribution in [2.75, 3.05) is 6.61 Å². The van der Waals surface area contributed by atoms with Gasteiger partial charge in [-0.3, -0.25) is 14.4 Å². The van der Waals surface area contributed by atoms with Crippen LogP contribution in [0.5, 0.6) is 0 Å². The van der Waals surface area contributed by atoms with Gasteiger partial charge in [-0.15, -0.1) is 0 Å². The van der Waals surface area contributed by atoms with Gasteiger partial charge in [-0.05, 0) is 56.4 Å². The molecule has 0 aromatic carbocycles. The predicted octanol–water partition coefficient (Wildman–Crippen LogP) is 2.63. The lowest BCUT2D eigenvalue weighted by Crippen LogP contribution is -2.55. The molecule has 4 aliphatic rings. The zero-order chi connectivity index (χ0) is 18.7. The first-order valence-corrected chi connectivity index (χ1v) is 9.78. The maximum absolute atomic E-state index is 12.6. The number of rotatable bonds is 3. The normalized spacial score (nSPS) is 44.5. The summed E-state index contributed by atoms with van der Waals surface area (Å²) in [6, 6.07) is 0. The predicted molar refractivity (Wildman–Crippen MR) is 96.8 cm³/mol. The Hall–Kier alpha value is -1.30. The third kappa shape index (κ3) is 2.20. The lowest BCUT2D eigenvalue weighted by atomic mass is 9.50. The molecule has 5 atom stereocenters. The van der Waals surface area contributed by atoms with Crippen molar-refractivity contribution >= 4 is 11.6 Å². The summed E-state index contributed by atoms with van der Waals surface area (Å²) in [7, 11) is 0. The number of aliphatic hydroxyl groups is 1. The van der Waals surface area contributed by atoms with Crippen molar-refractivity contribution < 1.29 is 19.5 Å². The van der Waals surface area contributed by atoms with Crippen molar-refractivity contribution in [1.82, 2.24) is 0 Å². The first-order chi connectivity index (χ1) is 12.3. The number of hydrogen-bond acceptors (Lipinski definition) is 5. The van der Waals surface area contributed by atoms with Crippen molar-refractivity contribution in [2.45, 2.75) is 64.4 Å². The average molecular weight is 359 g/mol. The van der Waals surface area contributed by atoms with Crippen LogP contribution in [-0.4, -0.2) is 28.9 Å². The number of nitrogens with two attached hydrogens (primary N) is 1. The van der Waals surface area contributed by atoms with Crippen LogP contribution in [-0.2, 0) is 14.4 Å². The highest BCUT2D eigenvalue weighted by molar-refractivity contribution is 5.92. The molecule has 0 spiro atoms. The fraction of sp³-hybridized carbons (Fsp3) is 0.714. The summed E-state index contributed by atoms with van der Waals surface area (Å²) in [6.45, 7) is 4.09. The lowest BCUT2D eigenvalue weighted by molar-refractivity contribution is -0.157. The Morgan fingerprint density at radius 3 is 2.81 bits per heavy atom. The Bertz CT molecular complexity index is 726. The van der Waals surface area contributed by atoms with Crippen molar-refractivity contribution in [1.29, 1.82) is 0 Å².